The fraction of sp³-hybridized carbons (Fsp3) is 0.600. The Labute approximate surface area is 137 Å². The largest absolute Gasteiger partial charge is 0.338 e. The lowest BCUT2D eigenvalue weighted by molar-refractivity contribution is -0.133. The number of sulfonamides is 1. The molecular formula is C15H24N4O3S. The summed E-state index contributed by atoms with van der Waals surface area (Å²) in [7, 11) is -3.61. The van der Waals surface area contributed by atoms with Gasteiger partial charge in [-0.3, -0.25) is 9.78 Å². The van der Waals surface area contributed by atoms with Crippen LogP contribution in [-0.2, 0) is 14.8 Å². The van der Waals surface area contributed by atoms with E-state index in [1.54, 1.807) is 6.07 Å². The Morgan fingerprint density at radius 2 is 2.35 bits per heavy atom. The number of rotatable bonds is 8. The second kappa shape index (κ2) is 8.37. The number of aromatic nitrogens is 1. The number of amides is 1. The average Bonchev–Trinajstić information content (AvgIpc) is 3.07. The second-order valence-corrected chi connectivity index (χ2v) is 7.34. The molecule has 0 spiro atoms. The first-order chi connectivity index (χ1) is 11.0. The molecule has 1 unspecified atom stereocenters. The minimum absolute atomic E-state index is 0.00515. The summed E-state index contributed by atoms with van der Waals surface area (Å²) in [6.45, 7) is 4.57. The van der Waals surface area contributed by atoms with Gasteiger partial charge >= 0.3 is 0 Å². The fourth-order valence-electron chi connectivity index (χ4n) is 2.68. The third kappa shape index (κ3) is 4.98. The first-order valence-corrected chi connectivity index (χ1v) is 9.43. The zero-order chi connectivity index (χ0) is 16.7. The van der Waals surface area contributed by atoms with E-state index in [1.165, 1.54) is 18.5 Å². The molecule has 1 atom stereocenters. The number of carbonyl (C=O) groups excluding carboxylic acids is 1. The number of hydrogen-bond donors (Lipinski definition) is 2. The van der Waals surface area contributed by atoms with E-state index in [1.807, 2.05) is 11.8 Å². The van der Waals surface area contributed by atoms with Gasteiger partial charge in [0.25, 0.3) is 0 Å². The van der Waals surface area contributed by atoms with Crippen LogP contribution in [0.15, 0.2) is 29.4 Å². The molecule has 1 aromatic rings. The molecule has 2 rings (SSSR count). The van der Waals surface area contributed by atoms with Crippen molar-refractivity contribution < 1.29 is 13.2 Å². The van der Waals surface area contributed by atoms with Gasteiger partial charge in [0.15, 0.2) is 0 Å². The summed E-state index contributed by atoms with van der Waals surface area (Å²) >= 11 is 0. The van der Waals surface area contributed by atoms with Gasteiger partial charge in [-0.1, -0.05) is 6.92 Å². The molecule has 0 saturated carbocycles. The number of carbonyl (C=O) groups is 1. The maximum absolute atomic E-state index is 12.4. The van der Waals surface area contributed by atoms with Crippen molar-refractivity contribution in [1.82, 2.24) is 19.9 Å². The Bertz CT molecular complexity index is 600. The van der Waals surface area contributed by atoms with Crippen LogP contribution < -0.4 is 10.0 Å². The van der Waals surface area contributed by atoms with Crippen molar-refractivity contribution in [2.75, 3.05) is 26.2 Å². The highest BCUT2D eigenvalue weighted by atomic mass is 32.2. The highest BCUT2D eigenvalue weighted by Gasteiger charge is 2.25. The van der Waals surface area contributed by atoms with Gasteiger partial charge < -0.3 is 10.2 Å². The van der Waals surface area contributed by atoms with Gasteiger partial charge in [-0.15, -0.1) is 0 Å². The van der Waals surface area contributed by atoms with Crippen LogP contribution >= 0.6 is 0 Å². The molecule has 1 aromatic heterocycles. The predicted molar refractivity (Wildman–Crippen MR) is 87.3 cm³/mol. The molecule has 2 heterocycles. The normalized spacial score (nSPS) is 18.0. The van der Waals surface area contributed by atoms with Gasteiger partial charge in [-0.05, 0) is 31.5 Å². The molecule has 0 bridgehead atoms. The Balaban J connectivity index is 1.87. The van der Waals surface area contributed by atoms with E-state index in [-0.39, 0.29) is 29.8 Å². The van der Waals surface area contributed by atoms with E-state index < -0.39 is 10.0 Å². The van der Waals surface area contributed by atoms with Crippen LogP contribution in [0, 0.1) is 0 Å². The van der Waals surface area contributed by atoms with Crippen LogP contribution in [0.5, 0.6) is 0 Å². The molecule has 1 aliphatic heterocycles. The number of nitrogens with zero attached hydrogens (tertiary/aromatic N) is 2. The Hall–Kier alpha value is -1.51. The van der Waals surface area contributed by atoms with Crippen molar-refractivity contribution in [1.29, 1.82) is 0 Å². The third-order valence-electron chi connectivity index (χ3n) is 3.84. The van der Waals surface area contributed by atoms with Crippen molar-refractivity contribution in [2.24, 2.45) is 0 Å². The van der Waals surface area contributed by atoms with Gasteiger partial charge in [-0.2, -0.15) is 0 Å². The van der Waals surface area contributed by atoms with Crippen molar-refractivity contribution >= 4 is 15.9 Å². The monoisotopic (exact) mass is 340 g/mol. The molecule has 23 heavy (non-hydrogen) atoms. The zero-order valence-electron chi connectivity index (χ0n) is 13.4. The van der Waals surface area contributed by atoms with E-state index in [4.69, 9.17) is 0 Å². The van der Waals surface area contributed by atoms with Gasteiger partial charge in [0, 0.05) is 44.5 Å². The highest BCUT2D eigenvalue weighted by Crippen LogP contribution is 2.11. The van der Waals surface area contributed by atoms with Crippen LogP contribution in [0.1, 0.15) is 26.2 Å². The lowest BCUT2D eigenvalue weighted by Crippen LogP contribution is -2.43. The lowest BCUT2D eigenvalue weighted by atomic mass is 10.2. The fourth-order valence-corrected chi connectivity index (χ4v) is 3.68. The standard InChI is InChI=1S/C15H24N4O3S/c1-2-10-19(13-5-8-17-11-13)15(20)6-9-18-23(21,22)14-4-3-7-16-12-14/h3-4,7,12-13,17-18H,2,5-6,8-11H2,1H3. The second-order valence-electron chi connectivity index (χ2n) is 5.57. The van der Waals surface area contributed by atoms with E-state index in [0.29, 0.717) is 6.54 Å². The summed E-state index contributed by atoms with van der Waals surface area (Å²) in [5.74, 6) is -0.00515. The first kappa shape index (κ1) is 17.8. The molecule has 0 aromatic carbocycles. The molecule has 1 saturated heterocycles. The summed E-state index contributed by atoms with van der Waals surface area (Å²) < 4.78 is 26.6. The van der Waals surface area contributed by atoms with Gasteiger partial charge in [-0.25, -0.2) is 13.1 Å². The molecular weight excluding hydrogens is 316 g/mol. The van der Waals surface area contributed by atoms with Crippen molar-refractivity contribution in [3.05, 3.63) is 24.5 Å². The molecule has 8 heteroatoms. The smallest absolute Gasteiger partial charge is 0.242 e. The van der Waals surface area contributed by atoms with E-state index in [0.717, 1.165) is 25.9 Å². The predicted octanol–water partition coefficient (Wildman–Crippen LogP) is 0.351. The zero-order valence-corrected chi connectivity index (χ0v) is 14.2. The maximum Gasteiger partial charge on any atom is 0.242 e. The van der Waals surface area contributed by atoms with E-state index >= 15 is 0 Å². The van der Waals surface area contributed by atoms with Crippen LogP contribution in [0.25, 0.3) is 0 Å². The summed E-state index contributed by atoms with van der Waals surface area (Å²) in [6.07, 6.45) is 4.81. The summed E-state index contributed by atoms with van der Waals surface area (Å²) in [5.41, 5.74) is 0. The van der Waals surface area contributed by atoms with E-state index in [9.17, 15) is 13.2 Å². The van der Waals surface area contributed by atoms with Crippen LogP contribution in [0.4, 0.5) is 0 Å². The molecule has 1 aliphatic rings. The highest BCUT2D eigenvalue weighted by molar-refractivity contribution is 7.89. The maximum atomic E-state index is 12.4. The number of nitrogens with one attached hydrogen (secondary N) is 2. The topological polar surface area (TPSA) is 91.4 Å². The first-order valence-electron chi connectivity index (χ1n) is 7.94. The number of pyridine rings is 1. The minimum Gasteiger partial charge on any atom is -0.338 e. The van der Waals surface area contributed by atoms with Crippen molar-refractivity contribution in [3.8, 4) is 0 Å². The Morgan fingerprint density at radius 3 is 2.96 bits per heavy atom. The van der Waals surface area contributed by atoms with Gasteiger partial charge in [0.1, 0.15) is 4.90 Å². The van der Waals surface area contributed by atoms with Gasteiger partial charge in [0.05, 0.1) is 0 Å². The van der Waals surface area contributed by atoms with Crippen LogP contribution in [0.2, 0.25) is 0 Å². The summed E-state index contributed by atoms with van der Waals surface area (Å²) in [5, 5.41) is 3.26. The van der Waals surface area contributed by atoms with Crippen LogP contribution in [0.3, 0.4) is 0 Å². The lowest BCUT2D eigenvalue weighted by Gasteiger charge is -2.28. The van der Waals surface area contributed by atoms with E-state index in [2.05, 4.69) is 15.0 Å². The molecule has 0 radical (unpaired) electrons. The summed E-state index contributed by atoms with van der Waals surface area (Å²) in [6, 6.07) is 3.26. The van der Waals surface area contributed by atoms with Crippen LogP contribution in [-0.4, -0.2) is 56.4 Å². The third-order valence-corrected chi connectivity index (χ3v) is 5.28. The quantitative estimate of drug-likeness (QED) is 0.712. The molecule has 1 amide bonds. The average molecular weight is 340 g/mol. The van der Waals surface area contributed by atoms with Crippen molar-refractivity contribution in [2.45, 2.75) is 37.1 Å². The van der Waals surface area contributed by atoms with Gasteiger partial charge in [0.2, 0.25) is 15.9 Å². The Kier molecular flexibility index (Phi) is 6.49. The minimum atomic E-state index is -3.61. The number of hydrogen-bond acceptors (Lipinski definition) is 5. The van der Waals surface area contributed by atoms with Crippen molar-refractivity contribution in [3.63, 3.8) is 0 Å². The molecule has 7 nitrogen and oxygen atoms in total. The SMILES string of the molecule is CCCN(C(=O)CCNS(=O)(=O)c1cccnc1)C1CCNC1. The summed E-state index contributed by atoms with van der Waals surface area (Å²) in [4.78, 5) is 18.2. The Morgan fingerprint density at radius 1 is 1.52 bits per heavy atom. The molecule has 2 N–H and O–H groups in total. The molecule has 0 aliphatic carbocycles. The molecule has 128 valence electrons. The molecule has 1 fully saturated rings.